The summed E-state index contributed by atoms with van der Waals surface area (Å²) in [5.74, 6) is 0.458. The first-order chi connectivity index (χ1) is 8.70. The van der Waals surface area contributed by atoms with Gasteiger partial charge in [-0.2, -0.15) is 0 Å². The number of carbonyl (C=O) groups excluding carboxylic acids is 1. The molecule has 0 aromatic heterocycles. The van der Waals surface area contributed by atoms with Gasteiger partial charge in [-0.25, -0.2) is 0 Å². The van der Waals surface area contributed by atoms with Crippen LogP contribution in [0.2, 0.25) is 0 Å². The van der Waals surface area contributed by atoms with E-state index in [0.717, 1.165) is 5.56 Å². The number of nitrogens with zero attached hydrogens (tertiary/aromatic N) is 1. The molecule has 0 spiro atoms. The van der Waals surface area contributed by atoms with E-state index in [2.05, 4.69) is 30.3 Å². The van der Waals surface area contributed by atoms with Crippen LogP contribution in [0.15, 0.2) is 42.5 Å². The van der Waals surface area contributed by atoms with Crippen LogP contribution in [0.25, 0.3) is 10.8 Å². The monoisotopic (exact) mass is 261 g/mol. The van der Waals surface area contributed by atoms with E-state index in [4.69, 9.17) is 11.6 Å². The Morgan fingerprint density at radius 2 is 1.89 bits per heavy atom. The number of hydrogen-bond donors (Lipinski definition) is 0. The Morgan fingerprint density at radius 1 is 1.17 bits per heavy atom. The topological polar surface area (TPSA) is 20.3 Å². The molecule has 0 heterocycles. The minimum Gasteiger partial charge on any atom is -0.341 e. The SMILES string of the molecule is CN(Cc1ccc2ccccc2c1)C(=O)CCCl. The second-order valence-electron chi connectivity index (χ2n) is 4.37. The van der Waals surface area contributed by atoms with Gasteiger partial charge in [-0.15, -0.1) is 11.6 Å². The molecule has 0 aliphatic heterocycles. The zero-order chi connectivity index (χ0) is 13.0. The van der Waals surface area contributed by atoms with E-state index in [-0.39, 0.29) is 5.91 Å². The van der Waals surface area contributed by atoms with Crippen LogP contribution in [0.4, 0.5) is 0 Å². The maximum Gasteiger partial charge on any atom is 0.223 e. The van der Waals surface area contributed by atoms with Gasteiger partial charge in [0.1, 0.15) is 0 Å². The van der Waals surface area contributed by atoms with Crippen molar-refractivity contribution in [3.63, 3.8) is 0 Å². The van der Waals surface area contributed by atoms with Crippen molar-refractivity contribution in [2.75, 3.05) is 12.9 Å². The van der Waals surface area contributed by atoms with Crippen molar-refractivity contribution in [3.05, 3.63) is 48.0 Å². The van der Waals surface area contributed by atoms with Crippen molar-refractivity contribution in [2.45, 2.75) is 13.0 Å². The number of fused-ring (bicyclic) bond motifs is 1. The average molecular weight is 262 g/mol. The first-order valence-electron chi connectivity index (χ1n) is 5.98. The largest absolute Gasteiger partial charge is 0.341 e. The lowest BCUT2D eigenvalue weighted by Gasteiger charge is -2.17. The van der Waals surface area contributed by atoms with Gasteiger partial charge in [0.2, 0.25) is 5.91 Å². The Balaban J connectivity index is 2.14. The zero-order valence-corrected chi connectivity index (χ0v) is 11.2. The molecule has 0 bridgehead atoms. The standard InChI is InChI=1S/C15H16ClNO/c1-17(15(18)8-9-16)11-12-6-7-13-4-2-3-5-14(13)10-12/h2-7,10H,8-9,11H2,1H3. The zero-order valence-electron chi connectivity index (χ0n) is 10.4. The van der Waals surface area contributed by atoms with E-state index >= 15 is 0 Å². The minimum absolute atomic E-state index is 0.0816. The van der Waals surface area contributed by atoms with Gasteiger partial charge in [0, 0.05) is 25.9 Å². The third kappa shape index (κ3) is 3.02. The summed E-state index contributed by atoms with van der Waals surface area (Å²) in [6.07, 6.45) is 0.394. The predicted octanol–water partition coefficient (Wildman–Crippen LogP) is 3.43. The van der Waals surface area contributed by atoms with Crippen LogP contribution in [0.3, 0.4) is 0 Å². The second kappa shape index (κ2) is 5.87. The molecule has 2 aromatic rings. The summed E-state index contributed by atoms with van der Waals surface area (Å²) in [5, 5.41) is 2.42. The lowest BCUT2D eigenvalue weighted by atomic mass is 10.1. The van der Waals surface area contributed by atoms with Gasteiger partial charge in [-0.3, -0.25) is 4.79 Å². The lowest BCUT2D eigenvalue weighted by Crippen LogP contribution is -2.26. The van der Waals surface area contributed by atoms with Crippen molar-refractivity contribution < 1.29 is 4.79 Å². The first-order valence-corrected chi connectivity index (χ1v) is 6.52. The van der Waals surface area contributed by atoms with Crippen molar-refractivity contribution in [2.24, 2.45) is 0 Å². The number of amides is 1. The number of carbonyl (C=O) groups is 1. The molecule has 3 heteroatoms. The fourth-order valence-electron chi connectivity index (χ4n) is 1.97. The third-order valence-corrected chi connectivity index (χ3v) is 3.16. The summed E-state index contributed by atoms with van der Waals surface area (Å²) in [5.41, 5.74) is 1.14. The summed E-state index contributed by atoms with van der Waals surface area (Å²) in [7, 11) is 1.81. The molecular formula is C15H16ClNO. The second-order valence-corrected chi connectivity index (χ2v) is 4.75. The minimum atomic E-state index is 0.0816. The smallest absolute Gasteiger partial charge is 0.223 e. The van der Waals surface area contributed by atoms with Gasteiger partial charge in [0.25, 0.3) is 0 Å². The van der Waals surface area contributed by atoms with E-state index in [9.17, 15) is 4.79 Å². The molecule has 2 aromatic carbocycles. The molecule has 0 unspecified atom stereocenters. The normalized spacial score (nSPS) is 10.6. The molecule has 0 aliphatic rings. The molecule has 2 nitrogen and oxygen atoms in total. The quantitative estimate of drug-likeness (QED) is 0.773. The molecule has 0 atom stereocenters. The molecule has 18 heavy (non-hydrogen) atoms. The Labute approximate surface area is 112 Å². The molecule has 1 amide bonds. The van der Waals surface area contributed by atoms with Crippen LogP contribution >= 0.6 is 11.6 Å². The van der Waals surface area contributed by atoms with Gasteiger partial charge in [0.15, 0.2) is 0 Å². The maximum atomic E-state index is 11.7. The van der Waals surface area contributed by atoms with Crippen molar-refractivity contribution in [1.29, 1.82) is 0 Å². The number of halogens is 1. The summed E-state index contributed by atoms with van der Waals surface area (Å²) < 4.78 is 0. The van der Waals surface area contributed by atoms with Crippen LogP contribution < -0.4 is 0 Å². The highest BCUT2D eigenvalue weighted by Gasteiger charge is 2.08. The lowest BCUT2D eigenvalue weighted by molar-refractivity contribution is -0.129. The molecule has 0 radical (unpaired) electrons. The van der Waals surface area contributed by atoms with Gasteiger partial charge in [-0.1, -0.05) is 36.4 Å². The van der Waals surface area contributed by atoms with Crippen LogP contribution in [0.1, 0.15) is 12.0 Å². The first kappa shape index (κ1) is 12.9. The summed E-state index contributed by atoms with van der Waals surface area (Å²) in [6.45, 7) is 0.626. The van der Waals surface area contributed by atoms with Crippen molar-refractivity contribution in [3.8, 4) is 0 Å². The van der Waals surface area contributed by atoms with Crippen molar-refractivity contribution in [1.82, 2.24) is 4.90 Å². The molecule has 0 N–H and O–H groups in total. The molecule has 0 saturated carbocycles. The van der Waals surface area contributed by atoms with E-state index in [1.54, 1.807) is 4.90 Å². The molecule has 0 aliphatic carbocycles. The molecule has 94 valence electrons. The number of benzene rings is 2. The number of hydrogen-bond acceptors (Lipinski definition) is 1. The van der Waals surface area contributed by atoms with E-state index < -0.39 is 0 Å². The van der Waals surface area contributed by atoms with Crippen LogP contribution in [0.5, 0.6) is 0 Å². The fraction of sp³-hybridized carbons (Fsp3) is 0.267. The molecule has 0 fully saturated rings. The Kier molecular flexibility index (Phi) is 4.21. The Morgan fingerprint density at radius 3 is 2.61 bits per heavy atom. The summed E-state index contributed by atoms with van der Waals surface area (Å²) >= 11 is 5.57. The Hall–Kier alpha value is -1.54. The third-order valence-electron chi connectivity index (χ3n) is 2.97. The number of alkyl halides is 1. The van der Waals surface area contributed by atoms with E-state index in [1.165, 1.54) is 10.8 Å². The summed E-state index contributed by atoms with van der Waals surface area (Å²) in [6, 6.07) is 14.5. The highest BCUT2D eigenvalue weighted by atomic mass is 35.5. The molecular weight excluding hydrogens is 246 g/mol. The van der Waals surface area contributed by atoms with E-state index in [1.807, 2.05) is 19.2 Å². The fourth-order valence-corrected chi connectivity index (χ4v) is 2.13. The van der Waals surface area contributed by atoms with Crippen LogP contribution in [0, 0.1) is 0 Å². The maximum absolute atomic E-state index is 11.7. The number of rotatable bonds is 4. The molecule has 0 saturated heterocycles. The van der Waals surface area contributed by atoms with Gasteiger partial charge in [-0.05, 0) is 22.4 Å². The highest BCUT2D eigenvalue weighted by Crippen LogP contribution is 2.16. The van der Waals surface area contributed by atoms with Gasteiger partial charge in [0.05, 0.1) is 0 Å². The van der Waals surface area contributed by atoms with Gasteiger partial charge < -0.3 is 4.90 Å². The van der Waals surface area contributed by atoms with Crippen LogP contribution in [-0.2, 0) is 11.3 Å². The Bertz CT molecular complexity index is 553. The predicted molar refractivity (Wildman–Crippen MR) is 75.8 cm³/mol. The summed E-state index contributed by atoms with van der Waals surface area (Å²) in [4.78, 5) is 13.4. The van der Waals surface area contributed by atoms with Gasteiger partial charge >= 0.3 is 0 Å². The van der Waals surface area contributed by atoms with Crippen LogP contribution in [-0.4, -0.2) is 23.7 Å². The molecule has 2 rings (SSSR count). The average Bonchev–Trinajstić information content (AvgIpc) is 2.39. The van der Waals surface area contributed by atoms with E-state index in [0.29, 0.717) is 18.8 Å². The highest BCUT2D eigenvalue weighted by molar-refractivity contribution is 6.18. The van der Waals surface area contributed by atoms with Crippen molar-refractivity contribution >= 4 is 28.3 Å².